The predicted molar refractivity (Wildman–Crippen MR) is 341 cm³/mol. The second-order valence-corrected chi connectivity index (χ2v) is 26.4. The summed E-state index contributed by atoms with van der Waals surface area (Å²) in [5.41, 5.74) is 2.02. The first-order valence-corrected chi connectivity index (χ1v) is 31.6. The molecule has 486 valence electrons. The average molecular weight is 1230 g/mol. The summed E-state index contributed by atoms with van der Waals surface area (Å²) in [5.74, 6) is -8.88. The van der Waals surface area contributed by atoms with E-state index in [1.807, 2.05) is 95.4 Å². The lowest BCUT2D eigenvalue weighted by molar-refractivity contribution is -0.177. The molecule has 3 aromatic carbocycles. The summed E-state index contributed by atoms with van der Waals surface area (Å²) in [5, 5.41) is 26.0. The Balaban J connectivity index is 1.53. The van der Waals surface area contributed by atoms with Crippen LogP contribution in [0.4, 0.5) is 0 Å². The zero-order valence-corrected chi connectivity index (χ0v) is 55.4. The number of nitrogens with zero attached hydrogens (tertiary/aromatic N) is 7. The van der Waals surface area contributed by atoms with Crippen LogP contribution in [0.2, 0.25) is 0 Å². The van der Waals surface area contributed by atoms with Crippen LogP contribution in [-0.2, 0) is 67.8 Å². The molecule has 6 rings (SSSR count). The third kappa shape index (κ3) is 16.4. The number of fused-ring (bicyclic) bond motifs is 2. The molecule has 2 fully saturated rings. The largest absolute Gasteiger partial charge is 0.450 e. The van der Waals surface area contributed by atoms with E-state index in [9.17, 15) is 19.5 Å². The molecule has 3 heterocycles. The summed E-state index contributed by atoms with van der Waals surface area (Å²) in [6, 6.07) is 12.3. The van der Waals surface area contributed by atoms with Crippen molar-refractivity contribution in [2.24, 2.45) is 36.6 Å². The normalized spacial score (nSPS) is 24.9. The molecule has 4 aromatic rings. The van der Waals surface area contributed by atoms with Gasteiger partial charge in [0, 0.05) is 65.9 Å². The van der Waals surface area contributed by atoms with Crippen molar-refractivity contribution in [2.75, 3.05) is 34.7 Å². The van der Waals surface area contributed by atoms with Crippen molar-refractivity contribution in [2.45, 2.75) is 188 Å². The minimum Gasteiger partial charge on any atom is -0.450 e. The van der Waals surface area contributed by atoms with E-state index in [1.165, 1.54) is 61.6 Å². The van der Waals surface area contributed by atoms with Crippen LogP contribution in [0.1, 0.15) is 126 Å². The van der Waals surface area contributed by atoms with Gasteiger partial charge in [0.2, 0.25) is 41.4 Å². The standard InChI is InChI=1S/C68H98N10O11/c1-18-42(9)54-65(85)74(14)55(40(5)6)60(80)70-49(34-39(3)4)63(83)76(16)58(68(11,12)88)67(87)89-57(43(10)19-2)66(86)75(15)56(41(7)8)61(81)71-50(36-44-26-21-20-22-27-44)62(82)73(13)53(64(84)78-33-25-32-52(78)59(79)72-54)37-45-28-23-29-46(35-45)47-30-24-31-51-48(47)38-69-77(51)17/h20-24,26-31,35,38-43,49-50,52-58,88H,18-19,25,32-34,36-37H2,1-17H3,(H,70,80)(H,71,81)(H,72,79)/t42-,43-,49-,50-,52-,53-,54-,55-,56-,57+,58+/m0/s1. The van der Waals surface area contributed by atoms with Crippen molar-refractivity contribution in [3.8, 4) is 11.1 Å². The van der Waals surface area contributed by atoms with Crippen LogP contribution in [0.5, 0.6) is 0 Å². The number of hydrogen-bond acceptors (Lipinski definition) is 12. The van der Waals surface area contributed by atoms with Gasteiger partial charge in [-0.3, -0.25) is 43.0 Å². The van der Waals surface area contributed by atoms with Gasteiger partial charge in [0.25, 0.3) is 5.91 Å². The summed E-state index contributed by atoms with van der Waals surface area (Å²) < 4.78 is 7.93. The van der Waals surface area contributed by atoms with Gasteiger partial charge < -0.3 is 50.3 Å². The van der Waals surface area contributed by atoms with Crippen molar-refractivity contribution < 1.29 is 53.0 Å². The maximum absolute atomic E-state index is 15.8. The quantitative estimate of drug-likeness (QED) is 0.107. The summed E-state index contributed by atoms with van der Waals surface area (Å²) >= 11 is 0. The Labute approximate surface area is 526 Å². The number of aryl methyl sites for hydroxylation is 1. The molecule has 2 aliphatic heterocycles. The fraction of sp³-hybridized carbons (Fsp3) is 0.588. The van der Waals surface area contributed by atoms with E-state index < -0.39 is 137 Å². The van der Waals surface area contributed by atoms with E-state index in [0.717, 1.165) is 26.9 Å². The molecule has 0 aliphatic carbocycles. The van der Waals surface area contributed by atoms with E-state index in [0.29, 0.717) is 30.4 Å². The zero-order chi connectivity index (χ0) is 66.1. The van der Waals surface area contributed by atoms with Crippen LogP contribution in [0.25, 0.3) is 22.0 Å². The van der Waals surface area contributed by atoms with Crippen LogP contribution in [0, 0.1) is 29.6 Å². The maximum atomic E-state index is 15.8. The van der Waals surface area contributed by atoms with Crippen LogP contribution in [-0.4, -0.2) is 187 Å². The zero-order valence-electron chi connectivity index (χ0n) is 55.4. The number of nitrogens with one attached hydrogen (secondary N) is 3. The smallest absolute Gasteiger partial charge is 0.332 e. The lowest BCUT2D eigenvalue weighted by Crippen LogP contribution is -2.63. The number of aromatic nitrogens is 2. The first kappa shape index (κ1) is 70.4. The third-order valence-corrected chi connectivity index (χ3v) is 18.0. The molecule has 2 saturated heterocycles. The van der Waals surface area contributed by atoms with Crippen LogP contribution in [0.15, 0.2) is 79.0 Å². The van der Waals surface area contributed by atoms with Crippen molar-refractivity contribution in [1.29, 1.82) is 0 Å². The van der Waals surface area contributed by atoms with Gasteiger partial charge in [-0.1, -0.05) is 142 Å². The number of hydrogen-bond donors (Lipinski definition) is 4. The monoisotopic (exact) mass is 1230 g/mol. The second kappa shape index (κ2) is 30.2. The van der Waals surface area contributed by atoms with E-state index in [1.54, 1.807) is 64.6 Å². The van der Waals surface area contributed by atoms with Crippen molar-refractivity contribution in [3.63, 3.8) is 0 Å². The molecule has 0 spiro atoms. The summed E-state index contributed by atoms with van der Waals surface area (Å²) in [4.78, 5) is 143. The summed E-state index contributed by atoms with van der Waals surface area (Å²) in [6.07, 6.45) is 1.68. The molecule has 21 heteroatoms. The molecule has 2 aliphatic rings. The van der Waals surface area contributed by atoms with Crippen molar-refractivity contribution in [1.82, 2.24) is 50.2 Å². The minimum absolute atomic E-state index is 0.0263. The first-order chi connectivity index (χ1) is 41.8. The first-order valence-electron chi connectivity index (χ1n) is 31.6. The molecule has 0 radical (unpaired) electrons. The number of carbonyl (C=O) groups excluding carboxylic acids is 9. The highest BCUT2D eigenvalue weighted by atomic mass is 16.6. The highest BCUT2D eigenvalue weighted by Gasteiger charge is 2.48. The molecule has 89 heavy (non-hydrogen) atoms. The molecule has 0 saturated carbocycles. The molecule has 11 atom stereocenters. The lowest BCUT2D eigenvalue weighted by Gasteiger charge is -2.39. The van der Waals surface area contributed by atoms with E-state index in [-0.39, 0.29) is 38.1 Å². The Morgan fingerprint density at radius 2 is 1.19 bits per heavy atom. The van der Waals surface area contributed by atoms with E-state index in [2.05, 4.69) is 21.0 Å². The number of cyclic esters (lactones) is 1. The molecule has 1 aromatic heterocycles. The van der Waals surface area contributed by atoms with Gasteiger partial charge in [0.05, 0.1) is 17.3 Å². The molecule has 4 N–H and O–H groups in total. The van der Waals surface area contributed by atoms with Crippen LogP contribution < -0.4 is 16.0 Å². The number of ether oxygens (including phenoxy) is 1. The Hall–Kier alpha value is -7.68. The topological polar surface area (TPSA) is 253 Å². The highest BCUT2D eigenvalue weighted by Crippen LogP contribution is 2.32. The molecule has 0 unspecified atom stereocenters. The number of benzene rings is 3. The predicted octanol–water partition coefficient (Wildman–Crippen LogP) is 5.93. The summed E-state index contributed by atoms with van der Waals surface area (Å²) in [7, 11) is 7.55. The number of esters is 1. The SMILES string of the molecule is CC[C@H](C)[C@@H]1NC(=O)[C@@H]2CCCN2C(=O)[C@H](Cc2cccc(-c3cccc4c3cnn4C)c2)N(C)C(=O)[C@H](Cc2ccccc2)NC(=O)[C@H](C(C)C)N(C)C(=O)[C@@H]([C@@H](C)CC)OC(=O)[C@H](C(C)(C)O)N(C)C(=O)[C@H](CC(C)C)NC(=O)[C@H](C(C)C)N(C)C1=O. The third-order valence-electron chi connectivity index (χ3n) is 18.0. The number of amides is 8. The fourth-order valence-electron chi connectivity index (χ4n) is 12.6. The Morgan fingerprint density at radius 1 is 0.618 bits per heavy atom. The van der Waals surface area contributed by atoms with Gasteiger partial charge in [0.15, 0.2) is 12.1 Å². The number of likely N-dealkylation sites (N-methyl/N-ethyl adjacent to an activating group) is 4. The molecule has 21 nitrogen and oxygen atoms in total. The van der Waals surface area contributed by atoms with Gasteiger partial charge in [-0.2, -0.15) is 5.10 Å². The fourth-order valence-corrected chi connectivity index (χ4v) is 12.6. The Morgan fingerprint density at radius 3 is 1.78 bits per heavy atom. The molecule has 0 bridgehead atoms. The molecular formula is C68H98N10O11. The number of carbonyl (C=O) groups is 9. The maximum Gasteiger partial charge on any atom is 0.332 e. The van der Waals surface area contributed by atoms with E-state index >= 15 is 28.8 Å². The van der Waals surface area contributed by atoms with Gasteiger partial charge in [-0.15, -0.1) is 0 Å². The minimum atomic E-state index is -1.99. The van der Waals surface area contributed by atoms with Crippen molar-refractivity contribution >= 4 is 64.1 Å². The molecular weight excluding hydrogens is 1130 g/mol. The van der Waals surface area contributed by atoms with Crippen LogP contribution >= 0.6 is 0 Å². The highest BCUT2D eigenvalue weighted by molar-refractivity contribution is 6.00. The van der Waals surface area contributed by atoms with E-state index in [4.69, 9.17) is 4.74 Å². The summed E-state index contributed by atoms with van der Waals surface area (Å²) in [6.45, 7) is 20.6. The van der Waals surface area contributed by atoms with Crippen LogP contribution in [0.3, 0.4) is 0 Å². The molecule has 8 amide bonds. The van der Waals surface area contributed by atoms with Gasteiger partial charge in [0.1, 0.15) is 42.3 Å². The number of rotatable bonds is 14. The number of aliphatic hydroxyl groups is 1. The van der Waals surface area contributed by atoms with Gasteiger partial charge in [-0.25, -0.2) is 4.79 Å². The van der Waals surface area contributed by atoms with Gasteiger partial charge >= 0.3 is 5.97 Å². The van der Waals surface area contributed by atoms with Crippen molar-refractivity contribution in [3.05, 3.63) is 90.1 Å². The van der Waals surface area contributed by atoms with Gasteiger partial charge in [-0.05, 0) is 91.5 Å². The Kier molecular flexibility index (Phi) is 23.9. The lowest BCUT2D eigenvalue weighted by atomic mass is 9.93. The Bertz CT molecular complexity index is 3170. The second-order valence-electron chi connectivity index (χ2n) is 26.4. The average Bonchev–Trinajstić information content (AvgIpc) is 2.14.